The lowest BCUT2D eigenvalue weighted by Gasteiger charge is -2.39. The Bertz CT molecular complexity index is 303. The van der Waals surface area contributed by atoms with Crippen molar-refractivity contribution in [2.75, 3.05) is 26.2 Å². The van der Waals surface area contributed by atoms with Gasteiger partial charge in [-0.2, -0.15) is 0 Å². The Kier molecular flexibility index (Phi) is 7.27. The smallest absolute Gasteiger partial charge is 0.236 e. The van der Waals surface area contributed by atoms with E-state index in [-0.39, 0.29) is 12.4 Å². The van der Waals surface area contributed by atoms with Gasteiger partial charge in [0.1, 0.15) is 0 Å². The van der Waals surface area contributed by atoms with Gasteiger partial charge in [-0.05, 0) is 39.5 Å². The normalized spacial score (nSPS) is 31.8. The van der Waals surface area contributed by atoms with E-state index in [2.05, 4.69) is 35.9 Å². The first-order chi connectivity index (χ1) is 9.10. The quantitative estimate of drug-likeness (QED) is 0.865. The lowest BCUT2D eigenvalue weighted by atomic mass is 10.00. The summed E-state index contributed by atoms with van der Waals surface area (Å²) in [5.74, 6) is 0.341. The number of piperazine rings is 1. The van der Waals surface area contributed by atoms with Crippen LogP contribution in [-0.2, 0) is 4.79 Å². The fourth-order valence-corrected chi connectivity index (χ4v) is 3.60. The maximum atomic E-state index is 12.5. The summed E-state index contributed by atoms with van der Waals surface area (Å²) in [4.78, 5) is 17.0. The minimum absolute atomic E-state index is 0. The van der Waals surface area contributed by atoms with Gasteiger partial charge in [-0.25, -0.2) is 0 Å². The summed E-state index contributed by atoms with van der Waals surface area (Å²) in [6.45, 7) is 10.1. The number of nitrogens with zero attached hydrogens (tertiary/aromatic N) is 2. The van der Waals surface area contributed by atoms with E-state index in [0.29, 0.717) is 30.6 Å². The molecule has 1 N–H and O–H groups in total. The highest BCUT2D eigenvalue weighted by molar-refractivity contribution is 5.85. The Morgan fingerprint density at radius 2 is 1.85 bits per heavy atom. The number of piperidine rings is 1. The summed E-state index contributed by atoms with van der Waals surface area (Å²) >= 11 is 0. The number of nitrogens with one attached hydrogen (secondary N) is 1. The highest BCUT2D eigenvalue weighted by Crippen LogP contribution is 2.20. The van der Waals surface area contributed by atoms with E-state index in [1.807, 2.05) is 0 Å². The predicted molar refractivity (Wildman–Crippen MR) is 85.4 cm³/mol. The van der Waals surface area contributed by atoms with E-state index in [9.17, 15) is 4.79 Å². The van der Waals surface area contributed by atoms with Gasteiger partial charge >= 0.3 is 0 Å². The predicted octanol–water partition coefficient (Wildman–Crippen LogP) is 1.88. The molecule has 2 aliphatic rings. The molecular weight excluding hydrogens is 274 g/mol. The van der Waals surface area contributed by atoms with E-state index in [1.165, 1.54) is 19.3 Å². The van der Waals surface area contributed by atoms with Crippen LogP contribution in [-0.4, -0.2) is 60.0 Å². The Hall–Kier alpha value is -0.320. The highest BCUT2D eigenvalue weighted by atomic mass is 35.5. The van der Waals surface area contributed by atoms with Crippen LogP contribution < -0.4 is 5.32 Å². The molecule has 20 heavy (non-hydrogen) atoms. The van der Waals surface area contributed by atoms with Crippen molar-refractivity contribution >= 4 is 18.3 Å². The molecule has 3 unspecified atom stereocenters. The first kappa shape index (κ1) is 17.7. The van der Waals surface area contributed by atoms with Crippen LogP contribution in [0.2, 0.25) is 0 Å². The molecule has 2 rings (SSSR count). The second kappa shape index (κ2) is 8.20. The molecule has 1 amide bonds. The second-order valence-corrected chi connectivity index (χ2v) is 6.31. The lowest BCUT2D eigenvalue weighted by molar-refractivity contribution is -0.136. The Morgan fingerprint density at radius 1 is 1.20 bits per heavy atom. The number of hydrogen-bond acceptors (Lipinski definition) is 3. The molecule has 2 aliphatic heterocycles. The molecule has 4 nitrogen and oxygen atoms in total. The summed E-state index contributed by atoms with van der Waals surface area (Å²) in [6.07, 6.45) is 4.75. The molecule has 5 heteroatoms. The van der Waals surface area contributed by atoms with Gasteiger partial charge in [0.05, 0.1) is 6.54 Å². The van der Waals surface area contributed by atoms with E-state index in [1.54, 1.807) is 0 Å². The number of carbonyl (C=O) groups is 1. The van der Waals surface area contributed by atoms with E-state index < -0.39 is 0 Å². The Labute approximate surface area is 129 Å². The number of likely N-dealkylation sites (tertiary alicyclic amines) is 1. The zero-order valence-electron chi connectivity index (χ0n) is 13.1. The monoisotopic (exact) mass is 303 g/mol. The zero-order valence-corrected chi connectivity index (χ0v) is 13.9. The molecule has 0 radical (unpaired) electrons. The molecule has 0 aliphatic carbocycles. The van der Waals surface area contributed by atoms with Crippen molar-refractivity contribution in [1.29, 1.82) is 0 Å². The third kappa shape index (κ3) is 4.61. The van der Waals surface area contributed by atoms with Crippen LogP contribution in [0.15, 0.2) is 0 Å². The van der Waals surface area contributed by atoms with Crippen LogP contribution in [0, 0.1) is 0 Å². The van der Waals surface area contributed by atoms with Crippen LogP contribution in [0.5, 0.6) is 0 Å². The van der Waals surface area contributed by atoms with Crippen molar-refractivity contribution in [3.05, 3.63) is 0 Å². The number of carbonyl (C=O) groups excluding carboxylic acids is 1. The van der Waals surface area contributed by atoms with Crippen molar-refractivity contribution in [3.63, 3.8) is 0 Å². The molecule has 2 fully saturated rings. The van der Waals surface area contributed by atoms with Gasteiger partial charge < -0.3 is 10.2 Å². The molecule has 0 aromatic heterocycles. The van der Waals surface area contributed by atoms with Gasteiger partial charge in [-0.3, -0.25) is 9.69 Å². The van der Waals surface area contributed by atoms with Gasteiger partial charge in [0.15, 0.2) is 0 Å². The molecular formula is C15H30ClN3O. The Balaban J connectivity index is 0.00000200. The van der Waals surface area contributed by atoms with Crippen LogP contribution in [0.4, 0.5) is 0 Å². The summed E-state index contributed by atoms with van der Waals surface area (Å²) in [6, 6.07) is 1.46. The molecule has 0 saturated carbocycles. The summed E-state index contributed by atoms with van der Waals surface area (Å²) in [5.41, 5.74) is 0. The topological polar surface area (TPSA) is 35.6 Å². The van der Waals surface area contributed by atoms with E-state index in [4.69, 9.17) is 0 Å². The average molecular weight is 304 g/mol. The van der Waals surface area contributed by atoms with Crippen LogP contribution in [0.25, 0.3) is 0 Å². The first-order valence-electron chi connectivity index (χ1n) is 7.88. The summed E-state index contributed by atoms with van der Waals surface area (Å²) < 4.78 is 0. The van der Waals surface area contributed by atoms with Crippen molar-refractivity contribution in [3.8, 4) is 0 Å². The summed E-state index contributed by atoms with van der Waals surface area (Å²) in [5, 5.41) is 3.52. The van der Waals surface area contributed by atoms with Gasteiger partial charge in [-0.15, -0.1) is 12.4 Å². The lowest BCUT2D eigenvalue weighted by Crippen LogP contribution is -2.57. The maximum absolute atomic E-state index is 12.5. The van der Waals surface area contributed by atoms with E-state index in [0.717, 1.165) is 26.1 Å². The van der Waals surface area contributed by atoms with Crippen molar-refractivity contribution in [1.82, 2.24) is 15.1 Å². The Morgan fingerprint density at radius 3 is 2.45 bits per heavy atom. The van der Waals surface area contributed by atoms with Crippen LogP contribution in [0.3, 0.4) is 0 Å². The molecule has 0 spiro atoms. The van der Waals surface area contributed by atoms with Gasteiger partial charge in [0, 0.05) is 37.8 Å². The van der Waals surface area contributed by atoms with Gasteiger partial charge in [0.2, 0.25) is 5.91 Å². The average Bonchev–Trinajstić information content (AvgIpc) is 2.37. The van der Waals surface area contributed by atoms with Crippen LogP contribution in [0.1, 0.15) is 46.5 Å². The fraction of sp³-hybridized carbons (Fsp3) is 0.933. The third-order valence-electron chi connectivity index (χ3n) is 4.41. The second-order valence-electron chi connectivity index (χ2n) is 6.31. The van der Waals surface area contributed by atoms with Gasteiger partial charge in [0.25, 0.3) is 0 Å². The summed E-state index contributed by atoms with van der Waals surface area (Å²) in [7, 11) is 0. The first-order valence-corrected chi connectivity index (χ1v) is 7.88. The van der Waals surface area contributed by atoms with Crippen molar-refractivity contribution in [2.45, 2.75) is 64.6 Å². The fourth-order valence-electron chi connectivity index (χ4n) is 3.60. The molecule has 3 atom stereocenters. The zero-order chi connectivity index (χ0) is 13.8. The SMILES string of the molecule is CCC1CCCCN1C(=O)CN1CC(C)NC(C)C1.Cl. The molecule has 2 saturated heterocycles. The van der Waals surface area contributed by atoms with Crippen molar-refractivity contribution in [2.24, 2.45) is 0 Å². The van der Waals surface area contributed by atoms with Crippen molar-refractivity contribution < 1.29 is 4.79 Å². The van der Waals surface area contributed by atoms with Crippen LogP contribution >= 0.6 is 12.4 Å². The van der Waals surface area contributed by atoms with Gasteiger partial charge in [-0.1, -0.05) is 6.92 Å². The number of hydrogen-bond donors (Lipinski definition) is 1. The largest absolute Gasteiger partial charge is 0.339 e. The molecule has 2 heterocycles. The molecule has 118 valence electrons. The van der Waals surface area contributed by atoms with E-state index >= 15 is 0 Å². The number of amides is 1. The molecule has 0 bridgehead atoms. The standard InChI is InChI=1S/C15H29N3O.ClH/c1-4-14-7-5-6-8-18(14)15(19)11-17-9-12(2)16-13(3)10-17;/h12-14,16H,4-11H2,1-3H3;1H. The number of halogens is 1. The minimum atomic E-state index is 0. The number of rotatable bonds is 3. The highest BCUT2D eigenvalue weighted by Gasteiger charge is 2.28. The maximum Gasteiger partial charge on any atom is 0.236 e. The molecule has 0 aromatic carbocycles. The molecule has 0 aromatic rings. The minimum Gasteiger partial charge on any atom is -0.339 e. The third-order valence-corrected chi connectivity index (χ3v) is 4.41.